The minimum atomic E-state index is -4.39. The quantitative estimate of drug-likeness (QED) is 0.779. The Bertz CT molecular complexity index is 262. The summed E-state index contributed by atoms with van der Waals surface area (Å²) in [5.41, 5.74) is 5.44. The summed E-state index contributed by atoms with van der Waals surface area (Å²) in [4.78, 5) is 12.7. The second-order valence-electron chi connectivity index (χ2n) is 4.07. The van der Waals surface area contributed by atoms with Crippen LogP contribution in [0.1, 0.15) is 13.3 Å². The molecule has 1 amide bonds. The Hall–Kier alpha value is -0.820. The van der Waals surface area contributed by atoms with E-state index < -0.39 is 25.3 Å². The van der Waals surface area contributed by atoms with Crippen LogP contribution in [0.25, 0.3) is 0 Å². The van der Waals surface area contributed by atoms with Crippen molar-refractivity contribution in [3.05, 3.63) is 0 Å². The van der Waals surface area contributed by atoms with Crippen LogP contribution in [0.4, 0.5) is 13.2 Å². The summed E-state index contributed by atoms with van der Waals surface area (Å²) in [6.07, 6.45) is -3.66. The van der Waals surface area contributed by atoms with Crippen molar-refractivity contribution in [2.24, 2.45) is 5.73 Å². The first kappa shape index (κ1) is 13.2. The summed E-state index contributed by atoms with van der Waals surface area (Å²) >= 11 is 0. The third kappa shape index (κ3) is 3.64. The molecular formula is C9H15F3N2O2. The van der Waals surface area contributed by atoms with E-state index in [1.807, 2.05) is 6.92 Å². The van der Waals surface area contributed by atoms with Gasteiger partial charge >= 0.3 is 6.18 Å². The predicted molar refractivity (Wildman–Crippen MR) is 50.7 cm³/mol. The van der Waals surface area contributed by atoms with Crippen molar-refractivity contribution in [2.75, 3.05) is 26.3 Å². The molecule has 94 valence electrons. The molecule has 1 aliphatic heterocycles. The molecule has 0 unspecified atom stereocenters. The van der Waals surface area contributed by atoms with Gasteiger partial charge in [-0.25, -0.2) is 0 Å². The van der Waals surface area contributed by atoms with Gasteiger partial charge in [-0.1, -0.05) is 6.92 Å². The van der Waals surface area contributed by atoms with Crippen LogP contribution in [0.3, 0.4) is 0 Å². The fraction of sp³-hybridized carbons (Fsp3) is 0.889. The lowest BCUT2D eigenvalue weighted by atomic mass is 9.88. The highest BCUT2D eigenvalue weighted by molar-refractivity contribution is 5.78. The first-order chi connectivity index (χ1) is 7.26. The lowest BCUT2D eigenvalue weighted by molar-refractivity contribution is -0.179. The van der Waals surface area contributed by atoms with E-state index in [9.17, 15) is 18.0 Å². The molecular weight excluding hydrogens is 225 g/mol. The number of rotatable bonds is 4. The number of nitrogens with two attached hydrogens (primary N) is 1. The van der Waals surface area contributed by atoms with Gasteiger partial charge in [0.2, 0.25) is 5.91 Å². The Morgan fingerprint density at radius 1 is 1.50 bits per heavy atom. The third-order valence-electron chi connectivity index (χ3n) is 2.56. The highest BCUT2D eigenvalue weighted by atomic mass is 19.4. The molecule has 0 spiro atoms. The first-order valence-corrected chi connectivity index (χ1v) is 4.97. The summed E-state index contributed by atoms with van der Waals surface area (Å²) in [6.45, 7) is 0.741. The molecule has 16 heavy (non-hydrogen) atoms. The first-order valence-electron chi connectivity index (χ1n) is 4.97. The second kappa shape index (κ2) is 4.58. The molecule has 0 atom stereocenters. The number of halogens is 3. The Balaban J connectivity index is 2.19. The van der Waals surface area contributed by atoms with Gasteiger partial charge in [0.25, 0.3) is 0 Å². The summed E-state index contributed by atoms with van der Waals surface area (Å²) < 4.78 is 39.4. The smallest absolute Gasteiger partial charge is 0.362 e. The molecule has 0 aliphatic carbocycles. The van der Waals surface area contributed by atoms with E-state index in [1.165, 1.54) is 4.90 Å². The van der Waals surface area contributed by atoms with Crippen molar-refractivity contribution in [1.82, 2.24) is 4.90 Å². The molecule has 1 heterocycles. The molecule has 1 aliphatic rings. The number of ether oxygens (including phenoxy) is 1. The average molecular weight is 240 g/mol. The third-order valence-corrected chi connectivity index (χ3v) is 2.56. The van der Waals surface area contributed by atoms with Crippen LogP contribution in [0.5, 0.6) is 0 Å². The Kier molecular flexibility index (Phi) is 3.80. The van der Waals surface area contributed by atoms with Crippen molar-refractivity contribution < 1.29 is 22.7 Å². The summed E-state index contributed by atoms with van der Waals surface area (Å²) in [7, 11) is 0. The molecule has 0 bridgehead atoms. The summed E-state index contributed by atoms with van der Waals surface area (Å²) in [5, 5.41) is 0. The maximum absolute atomic E-state index is 11.7. The molecule has 0 aromatic heterocycles. The predicted octanol–water partition coefficient (Wildman–Crippen LogP) is 0.515. The van der Waals surface area contributed by atoms with Crippen molar-refractivity contribution in [2.45, 2.75) is 25.1 Å². The topological polar surface area (TPSA) is 55.6 Å². The van der Waals surface area contributed by atoms with Crippen LogP contribution in [0.15, 0.2) is 0 Å². The maximum atomic E-state index is 11.7. The lowest BCUT2D eigenvalue weighted by Gasteiger charge is -2.47. The fourth-order valence-electron chi connectivity index (χ4n) is 1.46. The Morgan fingerprint density at radius 3 is 2.50 bits per heavy atom. The number of hydrogen-bond acceptors (Lipinski definition) is 3. The zero-order chi connectivity index (χ0) is 12.4. The lowest BCUT2D eigenvalue weighted by Crippen LogP contribution is -2.68. The van der Waals surface area contributed by atoms with E-state index >= 15 is 0 Å². The minimum absolute atomic E-state index is 0.375. The number of alkyl halides is 3. The molecule has 4 nitrogen and oxygen atoms in total. The van der Waals surface area contributed by atoms with Crippen molar-refractivity contribution in [1.29, 1.82) is 0 Å². The van der Waals surface area contributed by atoms with Crippen LogP contribution in [-0.2, 0) is 9.53 Å². The van der Waals surface area contributed by atoms with Gasteiger partial charge in [0.15, 0.2) is 0 Å². The van der Waals surface area contributed by atoms with Gasteiger partial charge in [-0.15, -0.1) is 0 Å². The van der Waals surface area contributed by atoms with E-state index in [1.54, 1.807) is 0 Å². The molecule has 0 aromatic rings. The van der Waals surface area contributed by atoms with E-state index in [0.29, 0.717) is 13.1 Å². The molecule has 0 aromatic carbocycles. The zero-order valence-corrected chi connectivity index (χ0v) is 9.01. The highest BCUT2D eigenvalue weighted by Gasteiger charge is 2.40. The van der Waals surface area contributed by atoms with Gasteiger partial charge in [0.1, 0.15) is 13.2 Å². The number of amides is 1. The highest BCUT2D eigenvalue weighted by Crippen LogP contribution is 2.21. The van der Waals surface area contributed by atoms with Gasteiger partial charge in [-0.3, -0.25) is 4.79 Å². The van der Waals surface area contributed by atoms with Gasteiger partial charge < -0.3 is 15.4 Å². The van der Waals surface area contributed by atoms with E-state index in [4.69, 9.17) is 5.73 Å². The van der Waals surface area contributed by atoms with Gasteiger partial charge in [0, 0.05) is 13.1 Å². The van der Waals surface area contributed by atoms with Gasteiger partial charge in [-0.2, -0.15) is 13.2 Å². The Morgan fingerprint density at radius 2 is 2.06 bits per heavy atom. The van der Waals surface area contributed by atoms with Crippen molar-refractivity contribution in [3.63, 3.8) is 0 Å². The Labute approximate surface area is 91.5 Å². The monoisotopic (exact) mass is 240 g/mol. The van der Waals surface area contributed by atoms with Crippen LogP contribution in [0, 0.1) is 0 Å². The SMILES string of the molecule is CCC1(N)CN(C(=O)COCC(F)(F)F)C1. The summed E-state index contributed by atoms with van der Waals surface area (Å²) in [6, 6.07) is 0. The van der Waals surface area contributed by atoms with Crippen LogP contribution in [0.2, 0.25) is 0 Å². The van der Waals surface area contributed by atoms with Gasteiger partial charge in [-0.05, 0) is 6.42 Å². The number of carbonyl (C=O) groups is 1. The standard InChI is InChI=1S/C9H15F3N2O2/c1-2-8(13)4-14(5-8)7(15)3-16-6-9(10,11)12/h2-6,13H2,1H3. The molecule has 1 rings (SSSR count). The number of hydrogen-bond donors (Lipinski definition) is 1. The molecule has 1 saturated heterocycles. The molecule has 1 fully saturated rings. The number of likely N-dealkylation sites (tertiary alicyclic amines) is 1. The largest absolute Gasteiger partial charge is 0.411 e. The average Bonchev–Trinajstić information content (AvgIpc) is 2.10. The minimum Gasteiger partial charge on any atom is -0.362 e. The van der Waals surface area contributed by atoms with Gasteiger partial charge in [0.05, 0.1) is 5.54 Å². The summed E-state index contributed by atoms with van der Waals surface area (Å²) in [5.74, 6) is -0.446. The molecule has 0 saturated carbocycles. The second-order valence-corrected chi connectivity index (χ2v) is 4.07. The van der Waals surface area contributed by atoms with Crippen molar-refractivity contribution in [3.8, 4) is 0 Å². The molecule has 7 heteroatoms. The molecule has 2 N–H and O–H groups in total. The van der Waals surface area contributed by atoms with E-state index in [-0.39, 0.29) is 5.54 Å². The van der Waals surface area contributed by atoms with Crippen LogP contribution in [-0.4, -0.2) is 48.8 Å². The number of nitrogens with zero attached hydrogens (tertiary/aromatic N) is 1. The number of carbonyl (C=O) groups excluding carboxylic acids is 1. The fourth-order valence-corrected chi connectivity index (χ4v) is 1.46. The molecule has 0 radical (unpaired) electrons. The van der Waals surface area contributed by atoms with E-state index in [2.05, 4.69) is 4.74 Å². The van der Waals surface area contributed by atoms with Crippen LogP contribution >= 0.6 is 0 Å². The van der Waals surface area contributed by atoms with Crippen LogP contribution < -0.4 is 5.73 Å². The zero-order valence-electron chi connectivity index (χ0n) is 9.01. The van der Waals surface area contributed by atoms with E-state index in [0.717, 1.165) is 6.42 Å². The van der Waals surface area contributed by atoms with Crippen molar-refractivity contribution >= 4 is 5.91 Å². The normalized spacial score (nSPS) is 19.4. The maximum Gasteiger partial charge on any atom is 0.411 e.